The van der Waals surface area contributed by atoms with Crippen LogP contribution in [0.15, 0.2) is 18.2 Å². The molecule has 1 unspecified atom stereocenters. The molecule has 0 radical (unpaired) electrons. The zero-order chi connectivity index (χ0) is 12.7. The Balaban J connectivity index is 2.73. The first-order valence-electron chi connectivity index (χ1n) is 6.11. The first-order chi connectivity index (χ1) is 8.21. The lowest BCUT2D eigenvalue weighted by Crippen LogP contribution is -2.19. The Morgan fingerprint density at radius 2 is 2.18 bits per heavy atom. The van der Waals surface area contributed by atoms with Crippen molar-refractivity contribution in [2.75, 3.05) is 24.3 Å². The number of hydrogen-bond acceptors (Lipinski definition) is 4. The lowest BCUT2D eigenvalue weighted by Gasteiger charge is -2.18. The summed E-state index contributed by atoms with van der Waals surface area (Å²) >= 11 is 0. The third kappa shape index (κ3) is 4.15. The standard InChI is InChI=1S/C13H22N2O2/c1-3-10(7-8-16)15-11-5-6-12(14)13(9-11)17-4-2/h5-6,9-10,15-16H,3-4,7-8,14H2,1-2H3. The van der Waals surface area contributed by atoms with E-state index in [1.807, 2.05) is 25.1 Å². The molecule has 1 aromatic carbocycles. The molecule has 0 heterocycles. The van der Waals surface area contributed by atoms with Crippen LogP contribution in [0.2, 0.25) is 0 Å². The molecule has 96 valence electrons. The van der Waals surface area contributed by atoms with Gasteiger partial charge in [-0.2, -0.15) is 0 Å². The van der Waals surface area contributed by atoms with Gasteiger partial charge in [-0.3, -0.25) is 0 Å². The topological polar surface area (TPSA) is 67.5 Å². The van der Waals surface area contributed by atoms with E-state index in [4.69, 9.17) is 15.6 Å². The molecule has 17 heavy (non-hydrogen) atoms. The van der Waals surface area contributed by atoms with Crippen LogP contribution in [0.4, 0.5) is 11.4 Å². The highest BCUT2D eigenvalue weighted by Crippen LogP contribution is 2.26. The second-order valence-electron chi connectivity index (χ2n) is 3.95. The minimum atomic E-state index is 0.193. The Bertz CT molecular complexity index is 342. The molecule has 1 atom stereocenters. The van der Waals surface area contributed by atoms with Gasteiger partial charge in [0.05, 0.1) is 12.3 Å². The van der Waals surface area contributed by atoms with Gasteiger partial charge in [-0.05, 0) is 31.9 Å². The van der Waals surface area contributed by atoms with Crippen molar-refractivity contribution in [1.82, 2.24) is 0 Å². The summed E-state index contributed by atoms with van der Waals surface area (Å²) in [6.07, 6.45) is 1.71. The van der Waals surface area contributed by atoms with Crippen LogP contribution in [0, 0.1) is 0 Å². The van der Waals surface area contributed by atoms with Crippen LogP contribution in [-0.2, 0) is 0 Å². The van der Waals surface area contributed by atoms with Crippen LogP contribution >= 0.6 is 0 Å². The number of nitrogens with two attached hydrogens (primary N) is 1. The second-order valence-corrected chi connectivity index (χ2v) is 3.95. The summed E-state index contributed by atoms with van der Waals surface area (Å²) < 4.78 is 5.44. The van der Waals surface area contributed by atoms with Crippen molar-refractivity contribution in [2.24, 2.45) is 0 Å². The number of aliphatic hydroxyl groups excluding tert-OH is 1. The molecule has 0 fully saturated rings. The summed E-state index contributed by atoms with van der Waals surface area (Å²) in [6, 6.07) is 5.94. The quantitative estimate of drug-likeness (QED) is 0.637. The van der Waals surface area contributed by atoms with Gasteiger partial charge in [-0.1, -0.05) is 6.92 Å². The van der Waals surface area contributed by atoms with Gasteiger partial charge in [-0.15, -0.1) is 0 Å². The average molecular weight is 238 g/mol. The smallest absolute Gasteiger partial charge is 0.144 e. The number of rotatable bonds is 7. The Kier molecular flexibility index (Phi) is 5.63. The van der Waals surface area contributed by atoms with Gasteiger partial charge >= 0.3 is 0 Å². The maximum atomic E-state index is 8.94. The molecule has 4 N–H and O–H groups in total. The van der Waals surface area contributed by atoms with Gasteiger partial charge in [0.15, 0.2) is 0 Å². The Hall–Kier alpha value is -1.42. The molecule has 0 aliphatic heterocycles. The van der Waals surface area contributed by atoms with E-state index in [1.54, 1.807) is 0 Å². The molecule has 1 aromatic rings. The molecule has 4 nitrogen and oxygen atoms in total. The molecular formula is C13H22N2O2. The van der Waals surface area contributed by atoms with Gasteiger partial charge < -0.3 is 20.9 Å². The summed E-state index contributed by atoms with van der Waals surface area (Å²) in [5.74, 6) is 0.705. The van der Waals surface area contributed by atoms with Crippen molar-refractivity contribution >= 4 is 11.4 Å². The molecule has 0 saturated carbocycles. The minimum Gasteiger partial charge on any atom is -0.492 e. The molecule has 0 amide bonds. The highest BCUT2D eigenvalue weighted by atomic mass is 16.5. The van der Waals surface area contributed by atoms with E-state index >= 15 is 0 Å². The fourth-order valence-electron chi connectivity index (χ4n) is 1.67. The van der Waals surface area contributed by atoms with Crippen LogP contribution in [0.5, 0.6) is 5.75 Å². The lowest BCUT2D eigenvalue weighted by atomic mass is 10.1. The van der Waals surface area contributed by atoms with Gasteiger partial charge in [0.1, 0.15) is 5.75 Å². The Morgan fingerprint density at radius 3 is 2.76 bits per heavy atom. The van der Waals surface area contributed by atoms with Gasteiger partial charge in [-0.25, -0.2) is 0 Å². The SMILES string of the molecule is CCOc1cc(NC(CC)CCO)ccc1N. The summed E-state index contributed by atoms with van der Waals surface area (Å²) in [5, 5.41) is 12.3. The van der Waals surface area contributed by atoms with Crippen molar-refractivity contribution in [3.63, 3.8) is 0 Å². The highest BCUT2D eigenvalue weighted by molar-refractivity contribution is 5.61. The second kappa shape index (κ2) is 7.01. The van der Waals surface area contributed by atoms with Crippen molar-refractivity contribution in [1.29, 1.82) is 0 Å². The monoisotopic (exact) mass is 238 g/mol. The molecule has 0 aromatic heterocycles. The van der Waals surface area contributed by atoms with Crippen LogP contribution < -0.4 is 15.8 Å². The van der Waals surface area contributed by atoms with Crippen molar-refractivity contribution < 1.29 is 9.84 Å². The first kappa shape index (κ1) is 13.6. The number of aliphatic hydroxyl groups is 1. The maximum absolute atomic E-state index is 8.94. The molecule has 4 heteroatoms. The first-order valence-corrected chi connectivity index (χ1v) is 6.11. The normalized spacial score (nSPS) is 12.2. The molecule has 0 bridgehead atoms. The fourth-order valence-corrected chi connectivity index (χ4v) is 1.67. The number of nitrogen functional groups attached to an aromatic ring is 1. The van der Waals surface area contributed by atoms with E-state index in [0.717, 1.165) is 18.5 Å². The third-order valence-electron chi connectivity index (χ3n) is 2.65. The molecule has 1 rings (SSSR count). The minimum absolute atomic E-state index is 0.193. The average Bonchev–Trinajstić information content (AvgIpc) is 2.33. The van der Waals surface area contributed by atoms with Gasteiger partial charge in [0.25, 0.3) is 0 Å². The Morgan fingerprint density at radius 1 is 1.41 bits per heavy atom. The van der Waals surface area contributed by atoms with E-state index in [9.17, 15) is 0 Å². The lowest BCUT2D eigenvalue weighted by molar-refractivity contribution is 0.278. The molecule has 0 aliphatic carbocycles. The third-order valence-corrected chi connectivity index (χ3v) is 2.65. The van der Waals surface area contributed by atoms with E-state index in [1.165, 1.54) is 0 Å². The van der Waals surface area contributed by atoms with Crippen LogP contribution in [0.1, 0.15) is 26.7 Å². The predicted molar refractivity (Wildman–Crippen MR) is 71.4 cm³/mol. The van der Waals surface area contributed by atoms with E-state index in [2.05, 4.69) is 12.2 Å². The van der Waals surface area contributed by atoms with Crippen LogP contribution in [-0.4, -0.2) is 24.4 Å². The van der Waals surface area contributed by atoms with Crippen molar-refractivity contribution in [2.45, 2.75) is 32.7 Å². The number of nitrogens with one attached hydrogen (secondary N) is 1. The largest absolute Gasteiger partial charge is 0.492 e. The van der Waals surface area contributed by atoms with Gasteiger partial charge in [0.2, 0.25) is 0 Å². The fraction of sp³-hybridized carbons (Fsp3) is 0.538. The zero-order valence-electron chi connectivity index (χ0n) is 10.6. The van der Waals surface area contributed by atoms with Crippen LogP contribution in [0.25, 0.3) is 0 Å². The van der Waals surface area contributed by atoms with Crippen LogP contribution in [0.3, 0.4) is 0 Å². The Labute approximate surface area is 103 Å². The summed E-state index contributed by atoms with van der Waals surface area (Å²) in [7, 11) is 0. The van der Waals surface area contributed by atoms with E-state index in [0.29, 0.717) is 18.0 Å². The van der Waals surface area contributed by atoms with Crippen molar-refractivity contribution in [3.05, 3.63) is 18.2 Å². The summed E-state index contributed by atoms with van der Waals surface area (Å²) in [5.41, 5.74) is 7.43. The molecular weight excluding hydrogens is 216 g/mol. The zero-order valence-corrected chi connectivity index (χ0v) is 10.6. The molecule has 0 aliphatic rings. The highest BCUT2D eigenvalue weighted by Gasteiger charge is 2.07. The number of ether oxygens (including phenoxy) is 1. The predicted octanol–water partition coefficient (Wildman–Crippen LogP) is 2.24. The number of benzene rings is 1. The maximum Gasteiger partial charge on any atom is 0.144 e. The molecule has 0 saturated heterocycles. The number of hydrogen-bond donors (Lipinski definition) is 3. The summed E-state index contributed by atoms with van der Waals surface area (Å²) in [4.78, 5) is 0. The van der Waals surface area contributed by atoms with Gasteiger partial charge in [0, 0.05) is 24.4 Å². The van der Waals surface area contributed by atoms with E-state index in [-0.39, 0.29) is 12.6 Å². The summed E-state index contributed by atoms with van der Waals surface area (Å²) in [6.45, 7) is 4.81. The molecule has 0 spiro atoms. The van der Waals surface area contributed by atoms with Crippen molar-refractivity contribution in [3.8, 4) is 5.75 Å². The number of anilines is 2. The van der Waals surface area contributed by atoms with E-state index < -0.39 is 0 Å².